The molecule has 2 saturated heterocycles. The van der Waals surface area contributed by atoms with E-state index in [9.17, 15) is 9.59 Å². The van der Waals surface area contributed by atoms with Crippen molar-refractivity contribution in [1.29, 1.82) is 0 Å². The molecule has 5 nitrogen and oxygen atoms in total. The summed E-state index contributed by atoms with van der Waals surface area (Å²) in [5.41, 5.74) is 0.285. The van der Waals surface area contributed by atoms with Crippen LogP contribution >= 0.6 is 0 Å². The lowest BCUT2D eigenvalue weighted by molar-refractivity contribution is -0.156. The molecule has 1 aromatic rings. The molecule has 0 aromatic heterocycles. The second kappa shape index (κ2) is 6.08. The first kappa shape index (κ1) is 10.0. The maximum atomic E-state index is 12.5. The number of esters is 2. The summed E-state index contributed by atoms with van der Waals surface area (Å²) in [4.78, 5) is 25.8. The van der Waals surface area contributed by atoms with Crippen LogP contribution in [0.25, 0.3) is 0 Å². The molecule has 0 saturated carbocycles. The van der Waals surface area contributed by atoms with Gasteiger partial charge in [-0.2, -0.15) is 0 Å². The van der Waals surface area contributed by atoms with Gasteiger partial charge in [-0.25, -0.2) is 4.79 Å². The molecule has 0 radical (unpaired) electrons. The first-order valence-electron chi connectivity index (χ1n) is 9.73. The number of ether oxygens (including phenoxy) is 2. The van der Waals surface area contributed by atoms with E-state index in [1.54, 1.807) is 30.3 Å². The Bertz CT molecular complexity index is 728. The highest BCUT2D eigenvalue weighted by Gasteiger charge is 2.50. The molecule has 2 fully saturated rings. The van der Waals surface area contributed by atoms with E-state index in [2.05, 4.69) is 0 Å². The predicted molar refractivity (Wildman–Crippen MR) is 80.3 cm³/mol. The fourth-order valence-corrected chi connectivity index (χ4v) is 3.08. The van der Waals surface area contributed by atoms with Crippen molar-refractivity contribution in [2.75, 3.05) is 14.1 Å². The van der Waals surface area contributed by atoms with E-state index in [1.165, 1.54) is 7.11 Å². The zero-order valence-electron chi connectivity index (χ0n) is 17.2. The van der Waals surface area contributed by atoms with Crippen molar-refractivity contribution >= 4 is 11.9 Å². The van der Waals surface area contributed by atoms with Crippen LogP contribution in [0, 0.1) is 5.92 Å². The molecule has 5 heteroatoms. The van der Waals surface area contributed by atoms with E-state index in [0.717, 1.165) is 4.90 Å². The molecule has 0 aliphatic carbocycles. The lowest BCUT2D eigenvalue weighted by Crippen LogP contribution is -2.53. The van der Waals surface area contributed by atoms with E-state index in [0.29, 0.717) is 0 Å². The topological polar surface area (TPSA) is 55.8 Å². The van der Waals surface area contributed by atoms with Crippen molar-refractivity contribution in [3.63, 3.8) is 0 Å². The Balaban J connectivity index is 1.95. The number of nitrogens with zero attached hydrogens (tertiary/aromatic N) is 1. The SMILES string of the molecule is [2H]C1CC2C(C(=O)OC)C(OC(=O)c3ccccc3)CC1([2H])N2C([2H])([2H])[2H]. The monoisotopic (exact) mass is 308 g/mol. The van der Waals surface area contributed by atoms with Crippen LogP contribution in [0.5, 0.6) is 0 Å². The fourth-order valence-electron chi connectivity index (χ4n) is 3.08. The van der Waals surface area contributed by atoms with Crippen LogP contribution in [0.4, 0.5) is 0 Å². The van der Waals surface area contributed by atoms with Gasteiger partial charge in [0.05, 0.1) is 12.7 Å². The molecule has 5 atom stereocenters. The maximum absolute atomic E-state index is 12.5. The molecule has 3 rings (SSSR count). The maximum Gasteiger partial charge on any atom is 0.338 e. The van der Waals surface area contributed by atoms with Gasteiger partial charge in [0.2, 0.25) is 0 Å². The first-order valence-corrected chi connectivity index (χ1v) is 7.15. The summed E-state index contributed by atoms with van der Waals surface area (Å²) in [6.45, 7) is -2.65. The van der Waals surface area contributed by atoms with Crippen LogP contribution in [0.2, 0.25) is 0 Å². The van der Waals surface area contributed by atoms with Gasteiger partial charge in [-0.3, -0.25) is 9.69 Å². The standard InChI is InChI=1S/C17H21NO4/c1-18-12-8-9-13(18)15(17(20)21-2)14(10-12)22-16(19)11-6-4-3-5-7-11/h3-7,12-15H,8-10H2,1-2H3/i1D3,8D,12D. The molecule has 1 aromatic carbocycles. The Morgan fingerprint density at radius 2 is 2.18 bits per heavy atom. The summed E-state index contributed by atoms with van der Waals surface area (Å²) in [5.74, 6) is -2.45. The third-order valence-corrected chi connectivity index (χ3v) is 4.20. The number of carbonyl (C=O) groups is 2. The van der Waals surface area contributed by atoms with Gasteiger partial charge in [-0.15, -0.1) is 0 Å². The summed E-state index contributed by atoms with van der Waals surface area (Å²) in [6, 6.07) is 5.49. The molecule has 118 valence electrons. The van der Waals surface area contributed by atoms with E-state index < -0.39 is 49.4 Å². The smallest absolute Gasteiger partial charge is 0.338 e. The van der Waals surface area contributed by atoms with Crippen LogP contribution in [0.3, 0.4) is 0 Å². The zero-order valence-corrected chi connectivity index (χ0v) is 12.2. The van der Waals surface area contributed by atoms with Gasteiger partial charge in [0, 0.05) is 25.3 Å². The molecular weight excluding hydrogens is 282 g/mol. The molecule has 2 heterocycles. The van der Waals surface area contributed by atoms with Gasteiger partial charge in [0.25, 0.3) is 0 Å². The number of hydrogen-bond donors (Lipinski definition) is 0. The molecule has 2 aliphatic rings. The minimum Gasteiger partial charge on any atom is -0.469 e. The molecule has 22 heavy (non-hydrogen) atoms. The largest absolute Gasteiger partial charge is 0.469 e. The van der Waals surface area contributed by atoms with E-state index >= 15 is 0 Å². The Morgan fingerprint density at radius 1 is 1.41 bits per heavy atom. The molecule has 0 N–H and O–H groups in total. The number of piperidine rings is 1. The van der Waals surface area contributed by atoms with Crippen molar-refractivity contribution < 1.29 is 25.9 Å². The predicted octanol–water partition coefficient (Wildman–Crippen LogP) is 1.87. The Kier molecular flexibility index (Phi) is 2.77. The van der Waals surface area contributed by atoms with Gasteiger partial charge in [0.15, 0.2) is 0 Å². The van der Waals surface area contributed by atoms with Crippen molar-refractivity contribution in [2.24, 2.45) is 5.92 Å². The minimum atomic E-state index is -2.65. The summed E-state index contributed by atoms with van der Waals surface area (Å²) in [5, 5.41) is 0. The Morgan fingerprint density at radius 3 is 2.86 bits per heavy atom. The van der Waals surface area contributed by atoms with Crippen LogP contribution in [-0.4, -0.2) is 49.1 Å². The summed E-state index contributed by atoms with van der Waals surface area (Å²) < 4.78 is 50.5. The second-order valence-corrected chi connectivity index (χ2v) is 5.43. The number of rotatable bonds is 3. The summed E-state index contributed by atoms with van der Waals surface area (Å²) in [7, 11) is 1.17. The first-order chi connectivity index (χ1) is 12.6. The average Bonchev–Trinajstić information content (AvgIpc) is 2.80. The number of carbonyl (C=O) groups excluding carboxylic acids is 2. The Labute approximate surface area is 137 Å². The van der Waals surface area contributed by atoms with Gasteiger partial charge < -0.3 is 9.47 Å². The Hall–Kier alpha value is -1.88. The average molecular weight is 308 g/mol. The van der Waals surface area contributed by atoms with Crippen LogP contribution in [0.1, 0.15) is 36.5 Å². The van der Waals surface area contributed by atoms with Crippen LogP contribution in [0.15, 0.2) is 30.3 Å². The third kappa shape index (κ3) is 2.61. The van der Waals surface area contributed by atoms with Crippen LogP contribution < -0.4 is 0 Å². The van der Waals surface area contributed by atoms with Crippen molar-refractivity contribution in [3.8, 4) is 0 Å². The van der Waals surface area contributed by atoms with Crippen molar-refractivity contribution in [2.45, 2.75) is 37.4 Å². The molecule has 0 amide bonds. The van der Waals surface area contributed by atoms with E-state index in [1.807, 2.05) is 0 Å². The number of benzene rings is 1. The second-order valence-electron chi connectivity index (χ2n) is 5.43. The van der Waals surface area contributed by atoms with Gasteiger partial charge in [-0.05, 0) is 31.9 Å². The molecule has 2 bridgehead atoms. The fraction of sp³-hybridized carbons (Fsp3) is 0.529. The van der Waals surface area contributed by atoms with E-state index in [4.69, 9.17) is 16.3 Å². The number of methoxy groups -OCH3 is 1. The lowest BCUT2D eigenvalue weighted by atomic mass is 9.87. The number of hydrogen-bond acceptors (Lipinski definition) is 5. The summed E-state index contributed by atoms with van der Waals surface area (Å²) >= 11 is 0. The van der Waals surface area contributed by atoms with Gasteiger partial charge in [0.1, 0.15) is 12.0 Å². The van der Waals surface area contributed by atoms with E-state index in [-0.39, 0.29) is 18.4 Å². The minimum absolute atomic E-state index is 0.0149. The van der Waals surface area contributed by atoms with Gasteiger partial charge in [-0.1, -0.05) is 18.2 Å². The highest BCUT2D eigenvalue weighted by Crippen LogP contribution is 2.40. The van der Waals surface area contributed by atoms with Crippen molar-refractivity contribution in [3.05, 3.63) is 35.9 Å². The molecule has 2 aliphatic heterocycles. The van der Waals surface area contributed by atoms with Crippen molar-refractivity contribution in [1.82, 2.24) is 4.90 Å². The summed E-state index contributed by atoms with van der Waals surface area (Å²) in [6.07, 6.45) is -2.33. The molecular formula is C17H21NO4. The lowest BCUT2D eigenvalue weighted by Gasteiger charge is -2.40. The van der Waals surface area contributed by atoms with Crippen LogP contribution in [-0.2, 0) is 14.3 Å². The zero-order chi connectivity index (χ0) is 20.0. The highest BCUT2D eigenvalue weighted by molar-refractivity contribution is 5.89. The molecule has 0 spiro atoms. The highest BCUT2D eigenvalue weighted by atomic mass is 16.6. The molecule has 5 unspecified atom stereocenters. The van der Waals surface area contributed by atoms with Gasteiger partial charge >= 0.3 is 11.9 Å². The normalized spacial score (nSPS) is 41.4. The quantitative estimate of drug-likeness (QED) is 0.798. The number of fused-ring (bicyclic) bond motifs is 2. The third-order valence-electron chi connectivity index (χ3n) is 4.20.